The molecule has 17 N–H and O–H groups in total. The van der Waals surface area contributed by atoms with Crippen molar-refractivity contribution in [3.8, 4) is 0 Å². The van der Waals surface area contributed by atoms with Crippen LogP contribution in [0.4, 0.5) is 0 Å². The average molecular weight is 438 g/mol. The van der Waals surface area contributed by atoms with Gasteiger partial charge in [0.25, 0.3) is 0 Å². The molecule has 15 heteroatoms. The molecule has 0 aromatic carbocycles. The summed E-state index contributed by atoms with van der Waals surface area (Å²) < 4.78 is 0. The van der Waals surface area contributed by atoms with E-state index in [0.717, 1.165) is 0 Å². The minimum absolute atomic E-state index is 0.0129. The van der Waals surface area contributed by atoms with Crippen LogP contribution in [0.1, 0.15) is 32.6 Å². The van der Waals surface area contributed by atoms with E-state index in [1.807, 2.05) is 0 Å². The van der Waals surface area contributed by atoms with Gasteiger partial charge in [-0.15, -0.1) is 0 Å². The van der Waals surface area contributed by atoms with Crippen LogP contribution in [0.5, 0.6) is 0 Å². The van der Waals surface area contributed by atoms with Crippen molar-refractivity contribution in [2.45, 2.75) is 50.7 Å². The highest BCUT2D eigenvalue weighted by molar-refractivity contribution is 5.76. The number of guanidine groups is 2. The van der Waals surface area contributed by atoms with E-state index < -0.39 is 36.0 Å². The molecule has 0 aliphatic heterocycles. The van der Waals surface area contributed by atoms with E-state index in [-0.39, 0.29) is 11.9 Å². The summed E-state index contributed by atoms with van der Waals surface area (Å²) in [5, 5.41) is 24.6. The molecule has 0 heterocycles. The van der Waals surface area contributed by atoms with Crippen molar-refractivity contribution in [3.05, 3.63) is 0 Å². The van der Waals surface area contributed by atoms with Crippen LogP contribution in [0, 0.1) is 0 Å². The van der Waals surface area contributed by atoms with E-state index in [9.17, 15) is 14.4 Å². The number of carbonyl (C=O) groups is 3. The topological polar surface area (TPSA) is 319 Å². The summed E-state index contributed by atoms with van der Waals surface area (Å²) in [5.41, 5.74) is 35.5. The predicted molar refractivity (Wildman–Crippen MR) is 112 cm³/mol. The molecule has 30 heavy (non-hydrogen) atoms. The Balaban J connectivity index is -0.000000386. The molecule has 0 aromatic heterocycles. The van der Waals surface area contributed by atoms with Crippen LogP contribution < -0.4 is 40.1 Å². The number of nitrogens with two attached hydrogens (primary N) is 7. The van der Waals surface area contributed by atoms with Gasteiger partial charge in [-0.05, 0) is 32.6 Å². The van der Waals surface area contributed by atoms with Crippen molar-refractivity contribution >= 4 is 29.8 Å². The van der Waals surface area contributed by atoms with Crippen molar-refractivity contribution in [2.24, 2.45) is 50.1 Å². The Hall–Kier alpha value is -3.17. The molecule has 0 aromatic rings. The fourth-order valence-electron chi connectivity index (χ4n) is 1.29. The number of carboxylic acids is 3. The second-order valence-corrected chi connectivity index (χ2v) is 5.91. The van der Waals surface area contributed by atoms with Crippen molar-refractivity contribution in [2.75, 3.05) is 13.1 Å². The molecule has 0 saturated carbocycles. The maximum atomic E-state index is 10.2. The summed E-state index contributed by atoms with van der Waals surface area (Å²) in [6, 6.07) is -2.37. The fourth-order valence-corrected chi connectivity index (χ4v) is 1.29. The average Bonchev–Trinajstić information content (AvgIpc) is 2.62. The number of hydrogen-bond acceptors (Lipinski definition) is 8. The van der Waals surface area contributed by atoms with Gasteiger partial charge in [-0.1, -0.05) is 0 Å². The maximum Gasteiger partial charge on any atom is 0.320 e. The van der Waals surface area contributed by atoms with Crippen LogP contribution >= 0.6 is 0 Å². The van der Waals surface area contributed by atoms with E-state index in [4.69, 9.17) is 55.5 Å². The van der Waals surface area contributed by atoms with E-state index in [1.165, 1.54) is 6.92 Å². The number of aliphatic imine (C=N–C) groups is 2. The zero-order valence-corrected chi connectivity index (χ0v) is 17.0. The Morgan fingerprint density at radius 2 is 0.967 bits per heavy atom. The lowest BCUT2D eigenvalue weighted by molar-refractivity contribution is -0.139. The van der Waals surface area contributed by atoms with Crippen molar-refractivity contribution < 1.29 is 29.7 Å². The molecule has 0 bridgehead atoms. The summed E-state index contributed by atoms with van der Waals surface area (Å²) in [7, 11) is 0. The minimum Gasteiger partial charge on any atom is -0.480 e. The molecule has 15 nitrogen and oxygen atoms in total. The number of nitrogens with zero attached hydrogens (tertiary/aromatic N) is 2. The second kappa shape index (κ2) is 19.2. The van der Waals surface area contributed by atoms with Gasteiger partial charge in [-0.25, -0.2) is 0 Å². The van der Waals surface area contributed by atoms with Crippen molar-refractivity contribution in [3.63, 3.8) is 0 Å². The normalized spacial score (nSPS) is 12.4. The first kappa shape index (κ1) is 31.5. The molecule has 3 atom stereocenters. The molecule has 0 aliphatic carbocycles. The zero-order chi connectivity index (χ0) is 24.3. The zero-order valence-electron chi connectivity index (χ0n) is 17.0. The quantitative estimate of drug-likeness (QED) is 0.0846. The van der Waals surface area contributed by atoms with E-state index in [2.05, 4.69) is 9.98 Å². The molecule has 0 saturated heterocycles. The molecule has 0 amide bonds. The van der Waals surface area contributed by atoms with Crippen molar-refractivity contribution in [1.29, 1.82) is 0 Å². The molecule has 0 rings (SSSR count). The highest BCUT2D eigenvalue weighted by Gasteiger charge is 2.10. The summed E-state index contributed by atoms with van der Waals surface area (Å²) in [4.78, 5) is 37.4. The van der Waals surface area contributed by atoms with Crippen LogP contribution in [0.2, 0.25) is 0 Å². The molecule has 3 unspecified atom stereocenters. The van der Waals surface area contributed by atoms with Crippen LogP contribution in [-0.2, 0) is 14.4 Å². The lowest BCUT2D eigenvalue weighted by Crippen LogP contribution is -2.30. The highest BCUT2D eigenvalue weighted by atomic mass is 16.4. The monoisotopic (exact) mass is 437 g/mol. The Morgan fingerprint density at radius 3 is 1.13 bits per heavy atom. The maximum absolute atomic E-state index is 10.2. The molecule has 0 fully saturated rings. The SMILES string of the molecule is CC(N)C(=O)O.NC(N)=NCCCC(N)C(=O)O.NC(N)=NCCCC(N)C(=O)O. The molecular weight excluding hydrogens is 402 g/mol. The first-order valence-corrected chi connectivity index (χ1v) is 8.78. The summed E-state index contributed by atoms with van der Waals surface area (Å²) >= 11 is 0. The van der Waals surface area contributed by atoms with Gasteiger partial charge in [0.2, 0.25) is 0 Å². The molecule has 0 aliphatic rings. The molecule has 176 valence electrons. The Morgan fingerprint density at radius 1 is 0.700 bits per heavy atom. The van der Waals surface area contributed by atoms with Gasteiger partial charge < -0.3 is 55.5 Å². The van der Waals surface area contributed by atoms with Crippen LogP contribution in [-0.4, -0.2) is 76.4 Å². The highest BCUT2D eigenvalue weighted by Crippen LogP contribution is 1.95. The van der Waals surface area contributed by atoms with Gasteiger partial charge in [0.15, 0.2) is 11.9 Å². The third-order valence-electron chi connectivity index (χ3n) is 2.96. The number of carboxylic acid groups (broad SMARTS) is 3. The molecule has 0 spiro atoms. The smallest absolute Gasteiger partial charge is 0.320 e. The standard InChI is InChI=1S/2C6H14N4O2.C3H7NO2/c2*7-4(5(11)12)2-1-3-10-6(8)9;1-2(4)3(5)6/h2*4H,1-3,7H2,(H,11,12)(H4,8,9,10);2H,4H2,1H3,(H,5,6). The van der Waals surface area contributed by atoms with Gasteiger partial charge in [-0.3, -0.25) is 24.4 Å². The first-order chi connectivity index (χ1) is 13.7. The van der Waals surface area contributed by atoms with E-state index in [1.54, 1.807) is 0 Å². The van der Waals surface area contributed by atoms with E-state index in [0.29, 0.717) is 38.8 Å². The Kier molecular flexibility index (Phi) is 20.1. The van der Waals surface area contributed by atoms with Gasteiger partial charge in [-0.2, -0.15) is 0 Å². The van der Waals surface area contributed by atoms with Crippen LogP contribution in [0.3, 0.4) is 0 Å². The van der Waals surface area contributed by atoms with Crippen molar-refractivity contribution in [1.82, 2.24) is 0 Å². The summed E-state index contributed by atoms with van der Waals surface area (Å²) in [5.74, 6) is -2.94. The fraction of sp³-hybridized carbons (Fsp3) is 0.667. The third kappa shape index (κ3) is 27.1. The predicted octanol–water partition coefficient (Wildman–Crippen LogP) is -3.68. The summed E-state index contributed by atoms with van der Waals surface area (Å²) in [6.45, 7) is 2.26. The Labute approximate surface area is 174 Å². The van der Waals surface area contributed by atoms with Gasteiger partial charge in [0.05, 0.1) is 0 Å². The van der Waals surface area contributed by atoms with E-state index >= 15 is 0 Å². The Bertz CT molecular complexity index is 521. The lowest BCUT2D eigenvalue weighted by Gasteiger charge is -2.03. The number of aliphatic carboxylic acids is 3. The van der Waals surface area contributed by atoms with Crippen LogP contribution in [0.15, 0.2) is 9.98 Å². The molecular formula is C15H35N9O6. The number of hydrogen-bond donors (Lipinski definition) is 10. The molecule has 0 radical (unpaired) electrons. The van der Waals surface area contributed by atoms with Gasteiger partial charge in [0.1, 0.15) is 18.1 Å². The van der Waals surface area contributed by atoms with Gasteiger partial charge >= 0.3 is 17.9 Å². The largest absolute Gasteiger partial charge is 0.480 e. The summed E-state index contributed by atoms with van der Waals surface area (Å²) in [6.07, 6.45) is 1.91. The number of rotatable bonds is 11. The second-order valence-electron chi connectivity index (χ2n) is 5.91. The first-order valence-electron chi connectivity index (χ1n) is 8.78. The lowest BCUT2D eigenvalue weighted by atomic mass is 10.2. The van der Waals surface area contributed by atoms with Gasteiger partial charge in [0, 0.05) is 13.1 Å². The van der Waals surface area contributed by atoms with Crippen LogP contribution in [0.25, 0.3) is 0 Å². The third-order valence-corrected chi connectivity index (χ3v) is 2.96. The minimum atomic E-state index is -1.00.